The lowest BCUT2D eigenvalue weighted by Crippen LogP contribution is -2.26. The van der Waals surface area contributed by atoms with Crippen LogP contribution in [-0.4, -0.2) is 16.5 Å². The van der Waals surface area contributed by atoms with Crippen LogP contribution >= 0.6 is 23.8 Å². The molecule has 0 bridgehead atoms. The van der Waals surface area contributed by atoms with Crippen molar-refractivity contribution in [2.75, 3.05) is 11.4 Å². The Labute approximate surface area is 135 Å². The molecule has 5 heteroatoms. The molecular formula is C16H18ClN3S. The molecule has 3 nitrogen and oxygen atoms in total. The first-order valence-corrected chi connectivity index (χ1v) is 7.56. The fourth-order valence-electron chi connectivity index (χ4n) is 2.23. The number of hydrogen-bond acceptors (Lipinski definition) is 3. The van der Waals surface area contributed by atoms with Gasteiger partial charge in [-0.3, -0.25) is 4.98 Å². The van der Waals surface area contributed by atoms with E-state index in [2.05, 4.69) is 16.8 Å². The van der Waals surface area contributed by atoms with Gasteiger partial charge in [-0.1, -0.05) is 29.9 Å². The third-order valence-corrected chi connectivity index (χ3v) is 3.70. The first-order valence-electron chi connectivity index (χ1n) is 6.78. The number of thiocarbonyl (C=S) groups is 1. The van der Waals surface area contributed by atoms with Crippen molar-refractivity contribution in [3.05, 3.63) is 58.4 Å². The molecule has 0 unspecified atom stereocenters. The Kier molecular flexibility index (Phi) is 5.15. The molecule has 1 aromatic carbocycles. The number of nitrogens with two attached hydrogens (primary N) is 1. The smallest absolute Gasteiger partial charge is 0.106 e. The van der Waals surface area contributed by atoms with Crippen LogP contribution in [0.15, 0.2) is 36.4 Å². The van der Waals surface area contributed by atoms with Crippen LogP contribution in [-0.2, 0) is 6.54 Å². The van der Waals surface area contributed by atoms with Gasteiger partial charge in [0, 0.05) is 28.5 Å². The van der Waals surface area contributed by atoms with Crippen molar-refractivity contribution >= 4 is 34.5 Å². The minimum absolute atomic E-state index is 0.350. The zero-order valence-corrected chi connectivity index (χ0v) is 13.7. The predicted molar refractivity (Wildman–Crippen MR) is 93.0 cm³/mol. The molecule has 2 N–H and O–H groups in total. The molecule has 0 fully saturated rings. The van der Waals surface area contributed by atoms with Crippen molar-refractivity contribution in [1.82, 2.24) is 4.98 Å². The Morgan fingerprint density at radius 2 is 2.10 bits per heavy atom. The molecule has 1 heterocycles. The lowest BCUT2D eigenvalue weighted by Gasteiger charge is -2.25. The SMILES string of the molecule is CCN(Cc1cccc(C)n1)c1ccc(Cl)cc1C(N)=S. The van der Waals surface area contributed by atoms with Crippen molar-refractivity contribution in [3.63, 3.8) is 0 Å². The van der Waals surface area contributed by atoms with Crippen molar-refractivity contribution in [1.29, 1.82) is 0 Å². The van der Waals surface area contributed by atoms with Crippen molar-refractivity contribution in [2.45, 2.75) is 20.4 Å². The van der Waals surface area contributed by atoms with E-state index in [4.69, 9.17) is 29.6 Å². The van der Waals surface area contributed by atoms with Gasteiger partial charge >= 0.3 is 0 Å². The Bertz CT molecular complexity index is 658. The standard InChI is InChI=1S/C16H18ClN3S/c1-3-20(10-13-6-4-5-11(2)19-13)15-8-7-12(17)9-14(15)16(18)21/h4-9H,3,10H2,1-2H3,(H2,18,21). The van der Waals surface area contributed by atoms with E-state index >= 15 is 0 Å². The summed E-state index contributed by atoms with van der Waals surface area (Å²) in [6, 6.07) is 11.6. The number of pyridine rings is 1. The largest absolute Gasteiger partial charge is 0.389 e. The van der Waals surface area contributed by atoms with Gasteiger partial charge < -0.3 is 10.6 Å². The van der Waals surface area contributed by atoms with Gasteiger partial charge in [-0.15, -0.1) is 0 Å². The molecule has 2 aromatic rings. The first-order chi connectivity index (χ1) is 10.0. The number of benzene rings is 1. The number of aryl methyl sites for hydroxylation is 1. The molecule has 0 aliphatic rings. The maximum atomic E-state index is 6.04. The normalized spacial score (nSPS) is 10.4. The lowest BCUT2D eigenvalue weighted by atomic mass is 10.1. The summed E-state index contributed by atoms with van der Waals surface area (Å²) in [6.07, 6.45) is 0. The van der Waals surface area contributed by atoms with E-state index in [9.17, 15) is 0 Å². The van der Waals surface area contributed by atoms with Gasteiger partial charge in [-0.2, -0.15) is 0 Å². The molecule has 2 rings (SSSR count). The Balaban J connectivity index is 2.35. The van der Waals surface area contributed by atoms with Gasteiger partial charge in [-0.25, -0.2) is 0 Å². The highest BCUT2D eigenvalue weighted by molar-refractivity contribution is 7.80. The summed E-state index contributed by atoms with van der Waals surface area (Å²) in [4.78, 5) is 7.08. The molecular weight excluding hydrogens is 302 g/mol. The minimum atomic E-state index is 0.350. The first kappa shape index (κ1) is 15.7. The number of rotatable bonds is 5. The number of halogens is 1. The molecule has 0 aliphatic carbocycles. The number of hydrogen-bond donors (Lipinski definition) is 1. The average Bonchev–Trinajstić information content (AvgIpc) is 2.45. The highest BCUT2D eigenvalue weighted by Gasteiger charge is 2.13. The van der Waals surface area contributed by atoms with E-state index in [1.807, 2.05) is 43.3 Å². The summed E-state index contributed by atoms with van der Waals surface area (Å²) in [6.45, 7) is 5.61. The van der Waals surface area contributed by atoms with Crippen LogP contribution in [0.3, 0.4) is 0 Å². The molecule has 0 saturated carbocycles. The maximum absolute atomic E-state index is 6.04. The van der Waals surface area contributed by atoms with E-state index in [1.54, 1.807) is 0 Å². The second-order valence-electron chi connectivity index (χ2n) is 4.81. The van der Waals surface area contributed by atoms with Gasteiger partial charge in [0.1, 0.15) is 4.99 Å². The van der Waals surface area contributed by atoms with Crippen LogP contribution in [0.5, 0.6) is 0 Å². The van der Waals surface area contributed by atoms with Gasteiger partial charge in [0.2, 0.25) is 0 Å². The third-order valence-electron chi connectivity index (χ3n) is 3.25. The minimum Gasteiger partial charge on any atom is -0.389 e. The summed E-state index contributed by atoms with van der Waals surface area (Å²) < 4.78 is 0. The molecule has 110 valence electrons. The molecule has 0 radical (unpaired) electrons. The fraction of sp³-hybridized carbons (Fsp3) is 0.250. The molecule has 0 spiro atoms. The lowest BCUT2D eigenvalue weighted by molar-refractivity contribution is 0.805. The van der Waals surface area contributed by atoms with Crippen LogP contribution in [0, 0.1) is 6.92 Å². The summed E-state index contributed by atoms with van der Waals surface area (Å²) in [7, 11) is 0. The number of nitrogens with zero attached hydrogens (tertiary/aromatic N) is 2. The summed E-state index contributed by atoms with van der Waals surface area (Å²) >= 11 is 11.2. The Hall–Kier alpha value is -1.65. The topological polar surface area (TPSA) is 42.2 Å². The highest BCUT2D eigenvalue weighted by Crippen LogP contribution is 2.25. The van der Waals surface area contributed by atoms with E-state index < -0.39 is 0 Å². The highest BCUT2D eigenvalue weighted by atomic mass is 35.5. The van der Waals surface area contributed by atoms with Crippen LogP contribution < -0.4 is 10.6 Å². The molecule has 1 aromatic heterocycles. The van der Waals surface area contributed by atoms with Crippen molar-refractivity contribution < 1.29 is 0 Å². The molecule has 21 heavy (non-hydrogen) atoms. The van der Waals surface area contributed by atoms with Crippen LogP contribution in [0.1, 0.15) is 23.9 Å². The van der Waals surface area contributed by atoms with E-state index in [-0.39, 0.29) is 0 Å². The molecule has 0 amide bonds. The van der Waals surface area contributed by atoms with Crippen molar-refractivity contribution in [3.8, 4) is 0 Å². The van der Waals surface area contributed by atoms with Gasteiger partial charge in [0.05, 0.1) is 12.2 Å². The monoisotopic (exact) mass is 319 g/mol. The zero-order valence-electron chi connectivity index (χ0n) is 12.1. The van der Waals surface area contributed by atoms with Gasteiger partial charge in [0.25, 0.3) is 0 Å². The van der Waals surface area contributed by atoms with Crippen LogP contribution in [0.2, 0.25) is 5.02 Å². The van der Waals surface area contributed by atoms with E-state index in [1.165, 1.54) is 0 Å². The average molecular weight is 320 g/mol. The fourth-order valence-corrected chi connectivity index (χ4v) is 2.57. The maximum Gasteiger partial charge on any atom is 0.106 e. The van der Waals surface area contributed by atoms with Gasteiger partial charge in [0.15, 0.2) is 0 Å². The van der Waals surface area contributed by atoms with E-state index in [0.29, 0.717) is 16.6 Å². The van der Waals surface area contributed by atoms with Crippen LogP contribution in [0.4, 0.5) is 5.69 Å². The van der Waals surface area contributed by atoms with Gasteiger partial charge in [-0.05, 0) is 44.2 Å². The summed E-state index contributed by atoms with van der Waals surface area (Å²) in [5.74, 6) is 0. The second-order valence-corrected chi connectivity index (χ2v) is 5.69. The Morgan fingerprint density at radius 1 is 1.33 bits per heavy atom. The zero-order chi connectivity index (χ0) is 15.4. The van der Waals surface area contributed by atoms with Crippen LogP contribution in [0.25, 0.3) is 0 Å². The number of anilines is 1. The quantitative estimate of drug-likeness (QED) is 0.853. The third kappa shape index (κ3) is 3.93. The van der Waals surface area contributed by atoms with Crippen molar-refractivity contribution in [2.24, 2.45) is 5.73 Å². The summed E-state index contributed by atoms with van der Waals surface area (Å²) in [5.41, 5.74) is 9.63. The Morgan fingerprint density at radius 3 is 2.71 bits per heavy atom. The summed E-state index contributed by atoms with van der Waals surface area (Å²) in [5, 5.41) is 0.631. The van der Waals surface area contributed by atoms with E-state index in [0.717, 1.165) is 29.2 Å². The number of aromatic nitrogens is 1. The second kappa shape index (κ2) is 6.87. The predicted octanol–water partition coefficient (Wildman–Crippen LogP) is 3.70. The molecule has 0 atom stereocenters. The molecule has 0 saturated heterocycles. The molecule has 0 aliphatic heterocycles.